The Morgan fingerprint density at radius 2 is 2.17 bits per heavy atom. The first kappa shape index (κ1) is 19.3. The summed E-state index contributed by atoms with van der Waals surface area (Å²) in [5.74, 6) is 0.255. The molecule has 3 aliphatic rings. The van der Waals surface area contributed by atoms with E-state index in [9.17, 15) is 14.4 Å². The first-order valence-corrected chi connectivity index (χ1v) is 9.49. The Hall–Kier alpha value is -3.06. The highest BCUT2D eigenvalue weighted by molar-refractivity contribution is 5.91. The quantitative estimate of drug-likeness (QED) is 0.610. The highest BCUT2D eigenvalue weighted by Crippen LogP contribution is 2.46. The summed E-state index contributed by atoms with van der Waals surface area (Å²) in [6, 6.07) is 4.45. The molecule has 6 nitrogen and oxygen atoms in total. The Morgan fingerprint density at radius 1 is 1.41 bits per heavy atom. The molecule has 2 N–H and O–H groups in total. The van der Waals surface area contributed by atoms with Crippen LogP contribution < -0.4 is 5.32 Å². The zero-order valence-electron chi connectivity index (χ0n) is 16.7. The fourth-order valence-electron chi connectivity index (χ4n) is 4.48. The topological polar surface area (TPSA) is 67.9 Å². The van der Waals surface area contributed by atoms with Crippen LogP contribution in [0, 0.1) is 17.6 Å². The number of halogens is 1. The van der Waals surface area contributed by atoms with Gasteiger partial charge in [0.1, 0.15) is 5.82 Å². The lowest BCUT2D eigenvalue weighted by Gasteiger charge is -2.41. The van der Waals surface area contributed by atoms with Crippen molar-refractivity contribution < 1.29 is 14.3 Å². The van der Waals surface area contributed by atoms with Crippen LogP contribution in [0.15, 0.2) is 70.4 Å². The SMILES string of the molecule is C=CC(O)C1=C2C(C)=CC=C3NC(=Nc4ccc(F)cc4C)N(C)C32C[N+](=O)C1. The Morgan fingerprint density at radius 3 is 2.86 bits per heavy atom. The van der Waals surface area contributed by atoms with Crippen molar-refractivity contribution in [2.45, 2.75) is 25.5 Å². The molecule has 1 aromatic carbocycles. The lowest BCUT2D eigenvalue weighted by atomic mass is 9.73. The standard InChI is InChI=1S/C22H24FN4O2/c1-5-18(28)16-11-27(29)12-22-19(9-6-13(2)20(16)22)25-21(26(22)4)24-17-8-7-15(23)10-14(17)3/h5-10,18,28H,1,11-12H2,2-4H3,(H,24,25)/q+1. The first-order valence-electron chi connectivity index (χ1n) is 9.49. The molecule has 29 heavy (non-hydrogen) atoms. The van der Waals surface area contributed by atoms with Crippen molar-refractivity contribution in [3.8, 4) is 0 Å². The van der Waals surface area contributed by atoms with E-state index in [4.69, 9.17) is 4.99 Å². The van der Waals surface area contributed by atoms with Crippen LogP contribution in [0.4, 0.5) is 10.1 Å². The predicted octanol–water partition coefficient (Wildman–Crippen LogP) is 2.88. The van der Waals surface area contributed by atoms with Crippen LogP contribution in [0.1, 0.15) is 12.5 Å². The summed E-state index contributed by atoms with van der Waals surface area (Å²) in [5.41, 5.74) is 3.98. The number of nitroso groups, excluding NO2 is 1. The highest BCUT2D eigenvalue weighted by atomic mass is 19.1. The fourth-order valence-corrected chi connectivity index (χ4v) is 4.48. The lowest BCUT2D eigenvalue weighted by Crippen LogP contribution is -2.56. The first-order chi connectivity index (χ1) is 13.8. The van der Waals surface area contributed by atoms with Gasteiger partial charge in [-0.1, -0.05) is 12.2 Å². The van der Waals surface area contributed by atoms with Gasteiger partial charge in [-0.3, -0.25) is 0 Å². The number of nitrogens with one attached hydrogen (secondary N) is 1. The number of nitrogens with zero attached hydrogens (tertiary/aromatic N) is 3. The average molecular weight is 395 g/mol. The summed E-state index contributed by atoms with van der Waals surface area (Å²) in [4.78, 5) is 19.3. The molecule has 2 atom stereocenters. The summed E-state index contributed by atoms with van der Waals surface area (Å²) in [6.45, 7) is 7.81. The maximum Gasteiger partial charge on any atom is 0.225 e. The molecule has 0 saturated carbocycles. The minimum absolute atomic E-state index is 0.125. The molecule has 0 amide bonds. The molecule has 1 saturated heterocycles. The number of guanidine groups is 1. The molecule has 0 radical (unpaired) electrons. The van der Waals surface area contributed by atoms with Crippen molar-refractivity contribution >= 4 is 11.6 Å². The molecule has 2 heterocycles. The molecule has 1 aliphatic carbocycles. The second kappa shape index (κ2) is 6.77. The third-order valence-corrected chi connectivity index (χ3v) is 5.93. The van der Waals surface area contributed by atoms with E-state index in [0.29, 0.717) is 17.2 Å². The van der Waals surface area contributed by atoms with Gasteiger partial charge >= 0.3 is 0 Å². The van der Waals surface area contributed by atoms with Gasteiger partial charge in [0.05, 0.1) is 17.5 Å². The number of aliphatic hydroxyl groups is 1. The van der Waals surface area contributed by atoms with Crippen LogP contribution in [0.3, 0.4) is 0 Å². The Kier molecular flexibility index (Phi) is 4.50. The molecule has 7 heteroatoms. The van der Waals surface area contributed by atoms with Gasteiger partial charge < -0.3 is 15.3 Å². The largest absolute Gasteiger partial charge is 0.384 e. The maximum absolute atomic E-state index is 13.5. The van der Waals surface area contributed by atoms with Gasteiger partial charge in [0.15, 0.2) is 5.54 Å². The summed E-state index contributed by atoms with van der Waals surface area (Å²) >= 11 is 0. The number of rotatable bonds is 3. The number of aliphatic imine (C=N–C) groups is 1. The minimum Gasteiger partial charge on any atom is -0.384 e. The highest BCUT2D eigenvalue weighted by Gasteiger charge is 2.58. The third-order valence-electron chi connectivity index (χ3n) is 5.93. The molecule has 1 fully saturated rings. The molecule has 0 aromatic heterocycles. The van der Waals surface area contributed by atoms with E-state index in [0.717, 1.165) is 27.2 Å². The average Bonchev–Trinajstić information content (AvgIpc) is 2.93. The summed E-state index contributed by atoms with van der Waals surface area (Å²) in [5, 5.41) is 13.9. The van der Waals surface area contributed by atoms with Gasteiger partial charge in [0.25, 0.3) is 0 Å². The van der Waals surface area contributed by atoms with Crippen molar-refractivity contribution in [1.82, 2.24) is 10.2 Å². The molecular formula is C22H24FN4O2+. The number of aliphatic hydroxyl groups excluding tert-OH is 1. The van der Waals surface area contributed by atoms with Crippen molar-refractivity contribution in [2.24, 2.45) is 4.99 Å². The van der Waals surface area contributed by atoms with E-state index in [-0.39, 0.29) is 18.9 Å². The zero-order chi connectivity index (χ0) is 20.9. The van der Waals surface area contributed by atoms with E-state index in [1.54, 1.807) is 13.0 Å². The maximum atomic E-state index is 13.5. The number of benzene rings is 1. The second-order valence-corrected chi connectivity index (χ2v) is 7.72. The normalized spacial score (nSPS) is 25.9. The Balaban J connectivity index is 1.88. The van der Waals surface area contributed by atoms with Crippen LogP contribution in [-0.2, 0) is 0 Å². The van der Waals surface area contributed by atoms with Gasteiger partial charge in [0.2, 0.25) is 19.0 Å². The molecule has 1 aromatic rings. The predicted molar refractivity (Wildman–Crippen MR) is 110 cm³/mol. The number of aryl methyl sites for hydroxylation is 1. The third kappa shape index (κ3) is 2.84. The molecule has 1 spiro atoms. The lowest BCUT2D eigenvalue weighted by molar-refractivity contribution is -0.553. The molecule has 150 valence electrons. The summed E-state index contributed by atoms with van der Waals surface area (Å²) in [7, 11) is 1.88. The Bertz CT molecular complexity index is 1050. The van der Waals surface area contributed by atoms with E-state index >= 15 is 0 Å². The van der Waals surface area contributed by atoms with Crippen LogP contribution >= 0.6 is 0 Å². The summed E-state index contributed by atoms with van der Waals surface area (Å²) in [6.07, 6.45) is 4.47. The van der Waals surface area contributed by atoms with Gasteiger partial charge in [-0.05, 0) is 49.3 Å². The molecule has 2 aliphatic heterocycles. The van der Waals surface area contributed by atoms with Crippen molar-refractivity contribution in [2.75, 3.05) is 20.1 Å². The van der Waals surface area contributed by atoms with Crippen LogP contribution in [0.2, 0.25) is 0 Å². The van der Waals surface area contributed by atoms with Gasteiger partial charge in [-0.2, -0.15) is 0 Å². The smallest absolute Gasteiger partial charge is 0.225 e. The number of allylic oxidation sites excluding steroid dienone is 2. The zero-order valence-corrected chi connectivity index (χ0v) is 16.7. The number of hydrogen-bond acceptors (Lipinski definition) is 3. The summed E-state index contributed by atoms with van der Waals surface area (Å²) < 4.78 is 14.4. The minimum atomic E-state index is -0.907. The van der Waals surface area contributed by atoms with Crippen LogP contribution in [0.25, 0.3) is 0 Å². The second-order valence-electron chi connectivity index (χ2n) is 7.72. The molecule has 4 rings (SSSR count). The van der Waals surface area contributed by atoms with E-state index in [1.165, 1.54) is 18.2 Å². The monoisotopic (exact) mass is 395 g/mol. The van der Waals surface area contributed by atoms with Gasteiger partial charge in [-0.15, -0.1) is 6.58 Å². The fraction of sp³-hybridized carbons (Fsp3) is 0.318. The van der Waals surface area contributed by atoms with Gasteiger partial charge in [-0.25, -0.2) is 9.38 Å². The van der Waals surface area contributed by atoms with E-state index in [2.05, 4.69) is 11.9 Å². The van der Waals surface area contributed by atoms with Crippen molar-refractivity contribution in [3.05, 3.63) is 81.7 Å². The molecular weight excluding hydrogens is 371 g/mol. The van der Waals surface area contributed by atoms with Crippen molar-refractivity contribution in [3.63, 3.8) is 0 Å². The van der Waals surface area contributed by atoms with Gasteiger partial charge in [0, 0.05) is 27.9 Å². The molecule has 2 unspecified atom stereocenters. The van der Waals surface area contributed by atoms with Crippen molar-refractivity contribution in [1.29, 1.82) is 0 Å². The molecule has 0 bridgehead atoms. The Labute approximate surface area is 169 Å². The van der Waals surface area contributed by atoms with Crippen LogP contribution in [0.5, 0.6) is 0 Å². The van der Waals surface area contributed by atoms with E-state index in [1.807, 2.05) is 31.0 Å². The van der Waals surface area contributed by atoms with E-state index < -0.39 is 11.6 Å². The number of hydrogen-bond donors (Lipinski definition) is 2. The van der Waals surface area contributed by atoms with Crippen LogP contribution in [-0.4, -0.2) is 52.5 Å². The number of likely N-dealkylation sites (N-methyl/N-ethyl adjacent to an activating group) is 1.